The van der Waals surface area contributed by atoms with Crippen LogP contribution in [-0.2, 0) is 28.7 Å². The van der Waals surface area contributed by atoms with Crippen LogP contribution >= 0.6 is 48.0 Å². The number of thioether (sulfide) groups is 2. The van der Waals surface area contributed by atoms with Crippen molar-refractivity contribution in [3.63, 3.8) is 0 Å². The van der Waals surface area contributed by atoms with Gasteiger partial charge in [0.25, 0.3) is 0 Å². The summed E-state index contributed by atoms with van der Waals surface area (Å²) < 4.78 is 10.1. The van der Waals surface area contributed by atoms with Crippen LogP contribution < -0.4 is 0 Å². The standard InChI is InChI=1S/C14H16N2O6S4/c1-3-21-7(17)5-15-11(19)9(25-13(15)23)10-12(20)16(14(24)26-10)6-8(18)22-4-2/h9-10H,3-6H2,1-2H3. The highest BCUT2D eigenvalue weighted by Crippen LogP contribution is 2.39. The first kappa shape index (κ1) is 21.1. The zero-order chi connectivity index (χ0) is 19.4. The normalized spacial score (nSPS) is 23.0. The average molecular weight is 437 g/mol. The second-order valence-corrected chi connectivity index (χ2v) is 8.62. The van der Waals surface area contributed by atoms with Crippen LogP contribution in [0.2, 0.25) is 0 Å². The second kappa shape index (κ2) is 9.11. The maximum Gasteiger partial charge on any atom is 0.326 e. The number of nitrogens with zero attached hydrogens (tertiary/aromatic N) is 2. The molecule has 0 aliphatic carbocycles. The monoisotopic (exact) mass is 436 g/mol. The Morgan fingerprint density at radius 1 is 0.885 bits per heavy atom. The number of ether oxygens (including phenoxy) is 2. The van der Waals surface area contributed by atoms with Crippen molar-refractivity contribution < 1.29 is 28.7 Å². The highest BCUT2D eigenvalue weighted by atomic mass is 32.2. The molecule has 2 unspecified atom stereocenters. The van der Waals surface area contributed by atoms with E-state index >= 15 is 0 Å². The molecule has 2 aliphatic heterocycles. The maximum atomic E-state index is 12.6. The van der Waals surface area contributed by atoms with Gasteiger partial charge in [-0.1, -0.05) is 48.0 Å². The van der Waals surface area contributed by atoms with Gasteiger partial charge in [-0.3, -0.25) is 29.0 Å². The third-order valence-electron chi connectivity index (χ3n) is 3.38. The summed E-state index contributed by atoms with van der Waals surface area (Å²) in [7, 11) is 0. The summed E-state index contributed by atoms with van der Waals surface area (Å²) >= 11 is 12.4. The lowest BCUT2D eigenvalue weighted by Gasteiger charge is -2.17. The molecule has 26 heavy (non-hydrogen) atoms. The van der Waals surface area contributed by atoms with Gasteiger partial charge >= 0.3 is 11.9 Å². The van der Waals surface area contributed by atoms with Gasteiger partial charge in [-0.2, -0.15) is 0 Å². The Bertz CT molecular complexity index is 614. The quantitative estimate of drug-likeness (QED) is 0.416. The van der Waals surface area contributed by atoms with Crippen LogP contribution in [0.15, 0.2) is 0 Å². The van der Waals surface area contributed by atoms with E-state index in [1.807, 2.05) is 0 Å². The molecule has 2 heterocycles. The molecule has 2 rings (SSSR count). The van der Waals surface area contributed by atoms with Crippen molar-refractivity contribution in [2.24, 2.45) is 0 Å². The Hall–Kier alpha value is -1.24. The molecule has 2 fully saturated rings. The summed E-state index contributed by atoms with van der Waals surface area (Å²) in [5, 5.41) is -1.61. The summed E-state index contributed by atoms with van der Waals surface area (Å²) in [6.07, 6.45) is 0. The number of hydrogen-bond acceptors (Lipinski definition) is 10. The van der Waals surface area contributed by atoms with E-state index < -0.39 is 34.3 Å². The predicted molar refractivity (Wildman–Crippen MR) is 105 cm³/mol. The predicted octanol–water partition coefficient (Wildman–Crippen LogP) is 0.570. The molecule has 0 N–H and O–H groups in total. The van der Waals surface area contributed by atoms with Gasteiger partial charge in [0, 0.05) is 0 Å². The largest absolute Gasteiger partial charge is 0.465 e. The van der Waals surface area contributed by atoms with Gasteiger partial charge in [-0.15, -0.1) is 0 Å². The topological polar surface area (TPSA) is 93.2 Å². The van der Waals surface area contributed by atoms with Gasteiger partial charge < -0.3 is 9.47 Å². The Labute approximate surface area is 169 Å². The van der Waals surface area contributed by atoms with E-state index in [1.165, 1.54) is 0 Å². The summed E-state index contributed by atoms with van der Waals surface area (Å²) in [6, 6.07) is 0. The lowest BCUT2D eigenvalue weighted by Crippen LogP contribution is -2.43. The van der Waals surface area contributed by atoms with Gasteiger partial charge in [-0.05, 0) is 13.8 Å². The van der Waals surface area contributed by atoms with Crippen molar-refractivity contribution in [2.45, 2.75) is 24.3 Å². The van der Waals surface area contributed by atoms with Crippen LogP contribution in [0, 0.1) is 0 Å². The zero-order valence-corrected chi connectivity index (χ0v) is 17.2. The molecule has 12 heteroatoms. The van der Waals surface area contributed by atoms with Crippen LogP contribution in [0.25, 0.3) is 0 Å². The van der Waals surface area contributed by atoms with Crippen molar-refractivity contribution in [1.82, 2.24) is 9.80 Å². The smallest absolute Gasteiger partial charge is 0.326 e. The van der Waals surface area contributed by atoms with Crippen molar-refractivity contribution in [3.8, 4) is 0 Å². The Morgan fingerprint density at radius 3 is 1.54 bits per heavy atom. The van der Waals surface area contributed by atoms with Crippen LogP contribution in [0.3, 0.4) is 0 Å². The van der Waals surface area contributed by atoms with Crippen molar-refractivity contribution in [3.05, 3.63) is 0 Å². The van der Waals surface area contributed by atoms with E-state index in [4.69, 9.17) is 33.9 Å². The Kier molecular flexibility index (Phi) is 7.38. The molecule has 0 spiro atoms. The third-order valence-corrected chi connectivity index (χ3v) is 6.87. The number of carbonyl (C=O) groups excluding carboxylic acids is 4. The molecule has 0 aromatic carbocycles. The molecule has 0 bridgehead atoms. The highest BCUT2D eigenvalue weighted by Gasteiger charge is 2.51. The second-order valence-electron chi connectivity index (χ2n) is 5.07. The molecule has 142 valence electrons. The van der Waals surface area contributed by atoms with Crippen molar-refractivity contribution in [1.29, 1.82) is 0 Å². The van der Waals surface area contributed by atoms with Crippen LogP contribution in [0.1, 0.15) is 13.8 Å². The van der Waals surface area contributed by atoms with Gasteiger partial charge in [0.15, 0.2) is 0 Å². The lowest BCUT2D eigenvalue weighted by molar-refractivity contribution is -0.147. The highest BCUT2D eigenvalue weighted by molar-refractivity contribution is 8.27. The minimum absolute atomic E-state index is 0.193. The molecule has 2 aliphatic rings. The Morgan fingerprint density at radius 2 is 1.23 bits per heavy atom. The first-order chi connectivity index (χ1) is 12.3. The number of hydrogen-bond donors (Lipinski definition) is 0. The van der Waals surface area contributed by atoms with E-state index in [-0.39, 0.29) is 34.9 Å². The zero-order valence-electron chi connectivity index (χ0n) is 14.0. The fraction of sp³-hybridized carbons (Fsp3) is 0.571. The molecule has 2 amide bonds. The molecular formula is C14H16N2O6S4. The maximum absolute atomic E-state index is 12.6. The van der Waals surface area contributed by atoms with Gasteiger partial charge in [-0.25, -0.2) is 0 Å². The fourth-order valence-corrected chi connectivity index (χ4v) is 5.47. The van der Waals surface area contributed by atoms with Gasteiger partial charge in [0.2, 0.25) is 11.8 Å². The van der Waals surface area contributed by atoms with E-state index in [9.17, 15) is 19.2 Å². The summed E-state index contributed by atoms with van der Waals surface area (Å²) in [5.74, 6) is -2.04. The number of esters is 2. The first-order valence-electron chi connectivity index (χ1n) is 7.65. The molecule has 2 saturated heterocycles. The number of rotatable bonds is 7. The van der Waals surface area contributed by atoms with Crippen LogP contribution in [-0.4, -0.2) is 79.0 Å². The number of carbonyl (C=O) groups is 4. The molecule has 0 radical (unpaired) electrons. The SMILES string of the molecule is CCOC(=O)CN1C(=O)C(C2SC(=S)N(CC(=O)OCC)C2=O)SC1=S. The van der Waals surface area contributed by atoms with Crippen molar-refractivity contribution in [2.75, 3.05) is 26.3 Å². The first-order valence-corrected chi connectivity index (χ1v) is 10.2. The van der Waals surface area contributed by atoms with E-state index in [0.29, 0.717) is 0 Å². The van der Waals surface area contributed by atoms with Crippen LogP contribution in [0.5, 0.6) is 0 Å². The molecule has 8 nitrogen and oxygen atoms in total. The fourth-order valence-electron chi connectivity index (χ4n) is 2.27. The molecule has 0 aromatic heterocycles. The summed E-state index contributed by atoms with van der Waals surface area (Å²) in [6.45, 7) is 3.12. The van der Waals surface area contributed by atoms with Crippen LogP contribution in [0.4, 0.5) is 0 Å². The molecule has 0 saturated carbocycles. The van der Waals surface area contributed by atoms with Gasteiger partial charge in [0.1, 0.15) is 32.2 Å². The number of amides is 2. The van der Waals surface area contributed by atoms with E-state index in [2.05, 4.69) is 0 Å². The molecule has 2 atom stereocenters. The van der Waals surface area contributed by atoms with Crippen molar-refractivity contribution >= 4 is 80.4 Å². The summed E-state index contributed by atoms with van der Waals surface area (Å²) in [4.78, 5) is 50.8. The number of thiocarbonyl (C=S) groups is 2. The molecular weight excluding hydrogens is 420 g/mol. The Balaban J connectivity index is 2.07. The molecule has 0 aromatic rings. The van der Waals surface area contributed by atoms with E-state index in [0.717, 1.165) is 33.3 Å². The average Bonchev–Trinajstić information content (AvgIpc) is 3.00. The third kappa shape index (κ3) is 4.53. The summed E-state index contributed by atoms with van der Waals surface area (Å²) in [5.41, 5.74) is 0. The minimum atomic E-state index is -0.806. The van der Waals surface area contributed by atoms with E-state index in [1.54, 1.807) is 13.8 Å². The minimum Gasteiger partial charge on any atom is -0.465 e. The lowest BCUT2D eigenvalue weighted by atomic mass is 10.2. The van der Waals surface area contributed by atoms with Gasteiger partial charge in [0.05, 0.1) is 13.2 Å².